The summed E-state index contributed by atoms with van der Waals surface area (Å²) >= 11 is 0. The molecule has 5 heteroatoms. The van der Waals surface area contributed by atoms with Crippen molar-refractivity contribution in [3.63, 3.8) is 0 Å². The van der Waals surface area contributed by atoms with Gasteiger partial charge < -0.3 is 0 Å². The van der Waals surface area contributed by atoms with Gasteiger partial charge in [0.1, 0.15) is 5.82 Å². The zero-order valence-corrected chi connectivity index (χ0v) is 13.3. The molecule has 1 N–H and O–H groups in total. The standard InChI is InChI=1S/C18H20FN3O/c1-18(2)14-7-3-4-8-16(14)22(17(18)23)21-10-5-6-13-9-11-20-12-15(13)19/h3-4,7-9,11-12,21H,5-6,10H2,1-2H3. The van der Waals surface area contributed by atoms with Crippen molar-refractivity contribution in [3.05, 3.63) is 59.7 Å². The van der Waals surface area contributed by atoms with E-state index in [2.05, 4.69) is 10.4 Å². The van der Waals surface area contributed by atoms with Crippen LogP contribution in [0.1, 0.15) is 31.4 Å². The third kappa shape index (κ3) is 2.84. The van der Waals surface area contributed by atoms with E-state index in [4.69, 9.17) is 0 Å². The average Bonchev–Trinajstić information content (AvgIpc) is 2.74. The summed E-state index contributed by atoms with van der Waals surface area (Å²) in [6.07, 6.45) is 4.15. The van der Waals surface area contributed by atoms with Crippen molar-refractivity contribution in [2.75, 3.05) is 11.6 Å². The van der Waals surface area contributed by atoms with E-state index in [0.717, 1.165) is 17.7 Å². The second kappa shape index (κ2) is 6.08. The first-order valence-corrected chi connectivity index (χ1v) is 7.78. The molecule has 0 spiro atoms. The van der Waals surface area contributed by atoms with Gasteiger partial charge in [-0.1, -0.05) is 18.2 Å². The SMILES string of the molecule is CC1(C)C(=O)N(NCCCc2ccncc2F)c2ccccc21. The van der Waals surface area contributed by atoms with Crippen molar-refractivity contribution in [2.45, 2.75) is 32.1 Å². The Morgan fingerprint density at radius 1 is 1.26 bits per heavy atom. The molecule has 0 saturated heterocycles. The zero-order chi connectivity index (χ0) is 16.4. The molecule has 0 aliphatic carbocycles. The highest BCUT2D eigenvalue weighted by atomic mass is 19.1. The van der Waals surface area contributed by atoms with Crippen molar-refractivity contribution >= 4 is 11.6 Å². The van der Waals surface area contributed by atoms with Crippen LogP contribution in [0.5, 0.6) is 0 Å². The fourth-order valence-electron chi connectivity index (χ4n) is 2.93. The number of hydrogen-bond donors (Lipinski definition) is 1. The molecule has 1 aliphatic heterocycles. The molecule has 0 saturated carbocycles. The molecule has 1 aliphatic rings. The molecule has 2 aromatic rings. The number of nitrogens with one attached hydrogen (secondary N) is 1. The number of anilines is 1. The normalized spacial score (nSPS) is 15.8. The topological polar surface area (TPSA) is 45.2 Å². The van der Waals surface area contributed by atoms with E-state index in [1.54, 1.807) is 17.3 Å². The Bertz CT molecular complexity index is 730. The van der Waals surface area contributed by atoms with Crippen LogP contribution in [0, 0.1) is 5.82 Å². The zero-order valence-electron chi connectivity index (χ0n) is 13.3. The smallest absolute Gasteiger partial charge is 0.251 e. The number of rotatable bonds is 5. The summed E-state index contributed by atoms with van der Waals surface area (Å²) in [5, 5.41) is 1.62. The number of aryl methyl sites for hydroxylation is 1. The van der Waals surface area contributed by atoms with Gasteiger partial charge in [-0.25, -0.2) is 14.8 Å². The van der Waals surface area contributed by atoms with Crippen molar-refractivity contribution in [1.29, 1.82) is 0 Å². The Hall–Kier alpha value is -2.27. The number of carbonyl (C=O) groups excluding carboxylic acids is 1. The van der Waals surface area contributed by atoms with Crippen LogP contribution in [0.2, 0.25) is 0 Å². The van der Waals surface area contributed by atoms with Crippen LogP contribution in [0.25, 0.3) is 0 Å². The summed E-state index contributed by atoms with van der Waals surface area (Å²) < 4.78 is 13.5. The van der Waals surface area contributed by atoms with Gasteiger partial charge in [0.2, 0.25) is 0 Å². The molecule has 0 radical (unpaired) electrons. The summed E-state index contributed by atoms with van der Waals surface area (Å²) in [5.74, 6) is -0.245. The molecular weight excluding hydrogens is 293 g/mol. The Morgan fingerprint density at radius 2 is 2.04 bits per heavy atom. The minimum absolute atomic E-state index is 0.0359. The average molecular weight is 313 g/mol. The molecule has 3 rings (SSSR count). The first-order valence-electron chi connectivity index (χ1n) is 7.78. The molecule has 4 nitrogen and oxygen atoms in total. The van der Waals surface area contributed by atoms with Crippen molar-refractivity contribution in [1.82, 2.24) is 10.4 Å². The number of pyridine rings is 1. The molecule has 0 bridgehead atoms. The van der Waals surface area contributed by atoms with Gasteiger partial charge in [-0.3, -0.25) is 9.78 Å². The Balaban J connectivity index is 1.63. The number of fused-ring (bicyclic) bond motifs is 1. The predicted molar refractivity (Wildman–Crippen MR) is 87.5 cm³/mol. The third-order valence-electron chi connectivity index (χ3n) is 4.31. The number of amides is 1. The molecule has 1 aromatic carbocycles. The maximum Gasteiger partial charge on any atom is 0.251 e. The number of benzene rings is 1. The monoisotopic (exact) mass is 313 g/mol. The largest absolute Gasteiger partial charge is 0.272 e. The maximum atomic E-state index is 13.5. The maximum absolute atomic E-state index is 13.5. The molecule has 23 heavy (non-hydrogen) atoms. The van der Waals surface area contributed by atoms with Crippen LogP contribution < -0.4 is 10.4 Å². The lowest BCUT2D eigenvalue weighted by Gasteiger charge is -2.21. The fraction of sp³-hybridized carbons (Fsp3) is 0.333. The molecule has 0 unspecified atom stereocenters. The van der Waals surface area contributed by atoms with E-state index in [0.29, 0.717) is 18.5 Å². The molecule has 2 heterocycles. The lowest BCUT2D eigenvalue weighted by atomic mass is 9.86. The van der Waals surface area contributed by atoms with Gasteiger partial charge in [-0.15, -0.1) is 0 Å². The van der Waals surface area contributed by atoms with Gasteiger partial charge in [0, 0.05) is 12.7 Å². The second-order valence-corrected chi connectivity index (χ2v) is 6.26. The van der Waals surface area contributed by atoms with Crippen molar-refractivity contribution in [3.8, 4) is 0 Å². The highest BCUT2D eigenvalue weighted by molar-refractivity contribution is 6.06. The summed E-state index contributed by atoms with van der Waals surface area (Å²) in [6.45, 7) is 4.46. The first-order chi connectivity index (χ1) is 11.0. The summed E-state index contributed by atoms with van der Waals surface area (Å²) in [4.78, 5) is 16.3. The fourth-order valence-corrected chi connectivity index (χ4v) is 2.93. The minimum Gasteiger partial charge on any atom is -0.272 e. The number of para-hydroxylation sites is 1. The van der Waals surface area contributed by atoms with Gasteiger partial charge in [0.25, 0.3) is 5.91 Å². The van der Waals surface area contributed by atoms with Crippen LogP contribution in [0.3, 0.4) is 0 Å². The van der Waals surface area contributed by atoms with Crippen LogP contribution in [-0.2, 0) is 16.6 Å². The number of hydrazine groups is 1. The van der Waals surface area contributed by atoms with Crippen LogP contribution in [0.4, 0.5) is 10.1 Å². The lowest BCUT2D eigenvalue weighted by molar-refractivity contribution is -0.122. The number of hydrogen-bond acceptors (Lipinski definition) is 3. The third-order valence-corrected chi connectivity index (χ3v) is 4.31. The molecular formula is C18H20FN3O. The summed E-state index contributed by atoms with van der Waals surface area (Å²) in [5.41, 5.74) is 5.23. The molecule has 0 atom stereocenters. The van der Waals surface area contributed by atoms with Gasteiger partial charge in [0.15, 0.2) is 0 Å². The summed E-state index contributed by atoms with van der Waals surface area (Å²) in [6, 6.07) is 9.49. The number of halogens is 1. The quantitative estimate of drug-likeness (QED) is 0.863. The lowest BCUT2D eigenvalue weighted by Crippen LogP contribution is -2.45. The van der Waals surface area contributed by atoms with E-state index in [1.807, 2.05) is 38.1 Å². The molecule has 120 valence electrons. The Labute approximate surface area is 135 Å². The van der Waals surface area contributed by atoms with E-state index >= 15 is 0 Å². The first kappa shape index (κ1) is 15.6. The minimum atomic E-state index is -0.527. The Morgan fingerprint density at radius 3 is 2.83 bits per heavy atom. The van der Waals surface area contributed by atoms with Crippen molar-refractivity contribution in [2.24, 2.45) is 0 Å². The van der Waals surface area contributed by atoms with Gasteiger partial charge in [-0.2, -0.15) is 0 Å². The van der Waals surface area contributed by atoms with E-state index < -0.39 is 5.41 Å². The van der Waals surface area contributed by atoms with Crippen molar-refractivity contribution < 1.29 is 9.18 Å². The highest BCUT2D eigenvalue weighted by Gasteiger charge is 2.43. The molecule has 0 fully saturated rings. The number of carbonyl (C=O) groups is 1. The molecule has 1 amide bonds. The Kier molecular flexibility index (Phi) is 4.13. The van der Waals surface area contributed by atoms with E-state index in [1.165, 1.54) is 6.20 Å². The van der Waals surface area contributed by atoms with Crippen LogP contribution in [0.15, 0.2) is 42.7 Å². The van der Waals surface area contributed by atoms with Gasteiger partial charge >= 0.3 is 0 Å². The van der Waals surface area contributed by atoms with Gasteiger partial charge in [-0.05, 0) is 49.9 Å². The second-order valence-electron chi connectivity index (χ2n) is 6.26. The molecule has 1 aromatic heterocycles. The highest BCUT2D eigenvalue weighted by Crippen LogP contribution is 2.40. The predicted octanol–water partition coefficient (Wildman–Crippen LogP) is 2.98. The number of nitrogens with zero attached hydrogens (tertiary/aromatic N) is 2. The number of aromatic nitrogens is 1. The summed E-state index contributed by atoms with van der Waals surface area (Å²) in [7, 11) is 0. The van der Waals surface area contributed by atoms with Crippen LogP contribution >= 0.6 is 0 Å². The van der Waals surface area contributed by atoms with Gasteiger partial charge in [0.05, 0.1) is 17.3 Å². The van der Waals surface area contributed by atoms with Crippen LogP contribution in [-0.4, -0.2) is 17.4 Å². The van der Waals surface area contributed by atoms with E-state index in [9.17, 15) is 9.18 Å². The van der Waals surface area contributed by atoms with E-state index in [-0.39, 0.29) is 11.7 Å².